The van der Waals surface area contributed by atoms with Crippen LogP contribution in [0, 0.1) is 5.92 Å². The molecule has 0 bridgehead atoms. The Labute approximate surface area is 406 Å². The molecule has 0 aromatic heterocycles. The van der Waals surface area contributed by atoms with Crippen LogP contribution in [0.4, 0.5) is 0 Å². The van der Waals surface area contributed by atoms with Crippen molar-refractivity contribution in [3.63, 3.8) is 0 Å². The minimum atomic E-state index is -2.06. The Bertz CT molecular complexity index is 3990. The molecule has 328 valence electrons. The van der Waals surface area contributed by atoms with Gasteiger partial charge in [-0.3, -0.25) is 0 Å². The van der Waals surface area contributed by atoms with Crippen LogP contribution in [0.5, 0.6) is 0 Å². The lowest BCUT2D eigenvalue weighted by Crippen LogP contribution is -2.49. The van der Waals surface area contributed by atoms with E-state index in [1.807, 2.05) is 0 Å². The van der Waals surface area contributed by atoms with E-state index < -0.39 is 8.07 Å². The van der Waals surface area contributed by atoms with Crippen molar-refractivity contribution >= 4 is 51.1 Å². The van der Waals surface area contributed by atoms with Crippen LogP contribution in [0.2, 0.25) is 13.1 Å². The van der Waals surface area contributed by atoms with Crippen molar-refractivity contribution < 1.29 is 0 Å². The van der Waals surface area contributed by atoms with Crippen molar-refractivity contribution in [1.29, 1.82) is 0 Å². The van der Waals surface area contributed by atoms with Gasteiger partial charge in [-0.05, 0) is 167 Å². The van der Waals surface area contributed by atoms with Gasteiger partial charge in [0.25, 0.3) is 0 Å². The summed E-state index contributed by atoms with van der Waals surface area (Å²) in [6, 6.07) is 64.1. The van der Waals surface area contributed by atoms with Gasteiger partial charge in [-0.25, -0.2) is 0 Å². The van der Waals surface area contributed by atoms with Crippen molar-refractivity contribution in [2.24, 2.45) is 5.92 Å². The van der Waals surface area contributed by atoms with Gasteiger partial charge in [0.2, 0.25) is 0 Å². The van der Waals surface area contributed by atoms with Crippen molar-refractivity contribution in [1.82, 2.24) is 0 Å². The third-order valence-corrected chi connectivity index (χ3v) is 21.4. The molecule has 15 rings (SSSR count). The van der Waals surface area contributed by atoms with E-state index in [1.165, 1.54) is 143 Å². The van der Waals surface area contributed by atoms with Crippen LogP contribution < -0.4 is 10.4 Å². The van der Waals surface area contributed by atoms with Gasteiger partial charge in [-0.15, -0.1) is 0 Å². The van der Waals surface area contributed by atoms with Crippen LogP contribution in [-0.2, 0) is 10.8 Å². The molecule has 1 aliphatic heterocycles. The third kappa shape index (κ3) is 5.09. The zero-order valence-corrected chi connectivity index (χ0v) is 41.1. The lowest BCUT2D eigenvalue weighted by Gasteiger charge is -2.29. The summed E-state index contributed by atoms with van der Waals surface area (Å²) in [5.41, 5.74) is 27.2. The number of benzene rings is 9. The average Bonchev–Trinajstić information content (AvgIpc) is 3.99. The number of hydrogen-bond donors (Lipinski definition) is 0. The molecule has 9 aromatic carbocycles. The first kappa shape index (κ1) is 39.6. The molecule has 0 amide bonds. The zero-order valence-electron chi connectivity index (χ0n) is 40.1. The molecular weight excluding hydrogens is 845 g/mol. The minimum absolute atomic E-state index is 0.120. The first-order chi connectivity index (χ1) is 33.5. The highest BCUT2D eigenvalue weighted by Gasteiger charge is 2.42. The Kier molecular flexibility index (Phi) is 7.74. The summed E-state index contributed by atoms with van der Waals surface area (Å²) in [5.74, 6) is 0.682. The zero-order chi connectivity index (χ0) is 46.3. The lowest BCUT2D eigenvalue weighted by atomic mass is 9.74. The molecule has 0 N–H and O–H groups in total. The Morgan fingerprint density at radius 2 is 0.971 bits per heavy atom. The van der Waals surface area contributed by atoms with E-state index in [9.17, 15) is 0 Å². The molecule has 0 saturated carbocycles. The van der Waals surface area contributed by atoms with E-state index in [0.29, 0.717) is 11.8 Å². The van der Waals surface area contributed by atoms with Gasteiger partial charge in [0, 0.05) is 22.7 Å². The molecule has 0 nitrogen and oxygen atoms in total. The van der Waals surface area contributed by atoms with Crippen LogP contribution in [0.1, 0.15) is 72.6 Å². The maximum absolute atomic E-state index is 2.67. The molecule has 2 atom stereocenters. The quantitative estimate of drug-likeness (QED) is 0.122. The highest BCUT2D eigenvalue weighted by molar-refractivity contribution is 7.04. The summed E-state index contributed by atoms with van der Waals surface area (Å²) in [5, 5.41) is 8.38. The van der Waals surface area contributed by atoms with Gasteiger partial charge in [0.15, 0.2) is 0 Å². The molecule has 0 spiro atoms. The van der Waals surface area contributed by atoms with E-state index in [0.717, 1.165) is 0 Å². The van der Waals surface area contributed by atoms with Crippen molar-refractivity contribution in [2.75, 3.05) is 0 Å². The summed E-state index contributed by atoms with van der Waals surface area (Å²) in [7, 11) is -2.06. The fraction of sp³-hybridized carbons (Fsp3) is 0.147. The predicted molar refractivity (Wildman–Crippen MR) is 295 cm³/mol. The molecule has 1 heteroatoms. The number of hydrogen-bond acceptors (Lipinski definition) is 0. The molecule has 1 heterocycles. The Hall–Kier alpha value is -7.32. The molecule has 0 saturated heterocycles. The van der Waals surface area contributed by atoms with E-state index in [1.54, 1.807) is 0 Å². The summed E-state index contributed by atoms with van der Waals surface area (Å²) in [6.07, 6.45) is 12.0. The SMILES string of the molecule is CC1(C)c2ccccc2-c2ccc(-c3c4ccc(C5=C6C=CC=C7c8ccccc8C(C=C5)C76)cc4c(-c4ccc5c(c4)C(C)(C)c4ccccc4-5)c4cc5c(cc34)-c3ccccc3[Si]5(C)C)cc21. The predicted octanol–water partition coefficient (Wildman–Crippen LogP) is 16.4. The largest absolute Gasteiger partial charge is 0.113 e. The van der Waals surface area contributed by atoms with Gasteiger partial charge in [-0.2, -0.15) is 0 Å². The summed E-state index contributed by atoms with van der Waals surface area (Å²) >= 11 is 0. The second-order valence-electron chi connectivity index (χ2n) is 22.3. The van der Waals surface area contributed by atoms with Gasteiger partial charge < -0.3 is 0 Å². The van der Waals surface area contributed by atoms with Crippen LogP contribution in [0.15, 0.2) is 200 Å². The molecule has 2 unspecified atom stereocenters. The molecule has 5 aliphatic carbocycles. The topological polar surface area (TPSA) is 0 Å². The normalized spacial score (nSPS) is 19.4. The number of rotatable bonds is 3. The standard InChI is InChI=1S/C68H52Si/c1-67(2)58-23-12-9-18-45(58)47-29-27-40(35-60(47)67)64-53-31-26-39(42-32-33-52-44-17-8-7-16-43(44)51-22-15-21-50(42)66(51)52)34-55(53)65(41-28-30-48-46-19-10-13-24-59(46)68(3,4)61(48)36-41)57-38-63-54(37-56(57)64)49-20-11-14-25-62(49)69(63,5)6/h7-38,52,66H,1-6H3. The second kappa shape index (κ2) is 13.5. The van der Waals surface area contributed by atoms with E-state index in [-0.39, 0.29) is 10.8 Å². The summed E-state index contributed by atoms with van der Waals surface area (Å²) < 4.78 is 0. The molecule has 0 fully saturated rings. The van der Waals surface area contributed by atoms with E-state index >= 15 is 0 Å². The Morgan fingerprint density at radius 3 is 1.67 bits per heavy atom. The third-order valence-electron chi connectivity index (χ3n) is 17.9. The lowest BCUT2D eigenvalue weighted by molar-refractivity contribution is 0.660. The molecule has 6 aliphatic rings. The van der Waals surface area contributed by atoms with Gasteiger partial charge in [0.05, 0.1) is 0 Å². The summed E-state index contributed by atoms with van der Waals surface area (Å²) in [4.78, 5) is 0. The number of allylic oxidation sites excluding steroid dienone is 8. The molecular formula is C68H52Si. The van der Waals surface area contributed by atoms with Crippen LogP contribution in [0.25, 0.3) is 88.3 Å². The van der Waals surface area contributed by atoms with Crippen molar-refractivity contribution in [3.8, 4) is 55.6 Å². The van der Waals surface area contributed by atoms with Crippen molar-refractivity contribution in [2.45, 2.75) is 57.5 Å². The van der Waals surface area contributed by atoms with Crippen LogP contribution in [0.3, 0.4) is 0 Å². The van der Waals surface area contributed by atoms with Crippen LogP contribution in [-0.4, -0.2) is 8.07 Å². The second-order valence-corrected chi connectivity index (χ2v) is 26.6. The smallest absolute Gasteiger partial charge is 0.0754 e. The Morgan fingerprint density at radius 1 is 0.420 bits per heavy atom. The van der Waals surface area contributed by atoms with Gasteiger partial charge in [0.1, 0.15) is 8.07 Å². The van der Waals surface area contributed by atoms with Gasteiger partial charge >= 0.3 is 0 Å². The molecule has 69 heavy (non-hydrogen) atoms. The highest BCUT2D eigenvalue weighted by Crippen LogP contribution is 2.57. The maximum atomic E-state index is 2.67. The molecule has 0 radical (unpaired) electrons. The van der Waals surface area contributed by atoms with Gasteiger partial charge in [-0.1, -0.05) is 211 Å². The first-order valence-corrected chi connectivity index (χ1v) is 28.1. The van der Waals surface area contributed by atoms with Crippen LogP contribution >= 0.6 is 0 Å². The number of fused-ring (bicyclic) bond motifs is 14. The molecule has 9 aromatic rings. The fourth-order valence-corrected chi connectivity index (χ4v) is 17.5. The van der Waals surface area contributed by atoms with E-state index in [2.05, 4.69) is 235 Å². The first-order valence-electron chi connectivity index (χ1n) is 25.1. The Balaban J connectivity index is 1.05. The monoisotopic (exact) mass is 896 g/mol. The minimum Gasteiger partial charge on any atom is -0.0754 e. The van der Waals surface area contributed by atoms with Crippen molar-refractivity contribution in [3.05, 3.63) is 239 Å². The maximum Gasteiger partial charge on any atom is 0.113 e. The summed E-state index contributed by atoms with van der Waals surface area (Å²) in [6.45, 7) is 14.8. The van der Waals surface area contributed by atoms with E-state index in [4.69, 9.17) is 0 Å². The fourth-order valence-electron chi connectivity index (χ4n) is 14.5. The average molecular weight is 897 g/mol. The highest BCUT2D eigenvalue weighted by atomic mass is 28.3.